The molecule has 0 spiro atoms. The zero-order valence-corrected chi connectivity index (χ0v) is 18.0. The topological polar surface area (TPSA) is 60.9 Å². The minimum absolute atomic E-state index is 0.0369. The van der Waals surface area contributed by atoms with Crippen LogP contribution in [0.3, 0.4) is 0 Å². The van der Waals surface area contributed by atoms with Gasteiger partial charge in [0.15, 0.2) is 0 Å². The first-order chi connectivity index (χ1) is 14.5. The number of hydrogen-bond acceptors (Lipinski definition) is 3. The van der Waals surface area contributed by atoms with Crippen molar-refractivity contribution in [1.29, 1.82) is 0 Å². The normalized spacial score (nSPS) is 26.7. The van der Waals surface area contributed by atoms with Gasteiger partial charge >= 0.3 is 0 Å². The van der Waals surface area contributed by atoms with Crippen molar-refractivity contribution in [3.63, 3.8) is 0 Å². The van der Waals surface area contributed by atoms with Gasteiger partial charge in [-0.25, -0.2) is 0 Å². The van der Waals surface area contributed by atoms with Gasteiger partial charge in [-0.05, 0) is 30.5 Å². The first-order valence-electron chi connectivity index (χ1n) is 11.3. The van der Waals surface area contributed by atoms with Gasteiger partial charge in [0.1, 0.15) is 0 Å². The molecule has 0 radical (unpaired) electrons. The molecule has 1 aromatic carbocycles. The van der Waals surface area contributed by atoms with Crippen LogP contribution < -0.4 is 0 Å². The zero-order chi connectivity index (χ0) is 21.3. The van der Waals surface area contributed by atoms with Crippen LogP contribution in [0.1, 0.15) is 63.0 Å². The van der Waals surface area contributed by atoms with E-state index < -0.39 is 0 Å². The molecule has 2 heterocycles. The molecule has 0 unspecified atom stereocenters. The maximum Gasteiger partial charge on any atom is 0.242 e. The summed E-state index contributed by atoms with van der Waals surface area (Å²) in [5.41, 5.74) is 2.07. The average molecular weight is 409 g/mol. The number of hydrogen-bond donors (Lipinski definition) is 1. The van der Waals surface area contributed by atoms with Crippen LogP contribution in [-0.4, -0.2) is 58.5 Å². The summed E-state index contributed by atoms with van der Waals surface area (Å²) >= 11 is 0. The fourth-order valence-corrected chi connectivity index (χ4v) is 5.29. The van der Waals surface area contributed by atoms with Gasteiger partial charge in [-0.15, -0.1) is 0 Å². The second kappa shape index (κ2) is 8.81. The van der Waals surface area contributed by atoms with E-state index in [1.54, 1.807) is 4.90 Å². The molecular formula is C25H32N2O3. The molecule has 0 bridgehead atoms. The molecule has 160 valence electrons. The Hall–Kier alpha value is -2.32. The maximum absolute atomic E-state index is 13.0. The van der Waals surface area contributed by atoms with Gasteiger partial charge < -0.3 is 14.9 Å². The highest BCUT2D eigenvalue weighted by Crippen LogP contribution is 2.43. The van der Waals surface area contributed by atoms with Crippen molar-refractivity contribution in [2.24, 2.45) is 11.8 Å². The molecule has 1 N–H and O–H groups in total. The number of carbonyl (C=O) groups is 2. The Bertz CT molecular complexity index is 845. The molecule has 2 saturated heterocycles. The number of benzene rings is 1. The molecule has 3 fully saturated rings. The fraction of sp³-hybridized carbons (Fsp3) is 0.600. The minimum Gasteiger partial charge on any atom is -0.394 e. The van der Waals surface area contributed by atoms with Crippen LogP contribution in [0, 0.1) is 23.7 Å². The molecule has 5 nitrogen and oxygen atoms in total. The summed E-state index contributed by atoms with van der Waals surface area (Å²) in [6.07, 6.45) is 5.31. The van der Waals surface area contributed by atoms with Crippen LogP contribution in [-0.2, 0) is 9.59 Å². The van der Waals surface area contributed by atoms with Crippen molar-refractivity contribution in [2.75, 3.05) is 19.7 Å². The Morgan fingerprint density at radius 1 is 1.17 bits per heavy atom. The number of piperazine rings is 1. The Morgan fingerprint density at radius 2 is 1.87 bits per heavy atom. The Kier molecular flexibility index (Phi) is 6.15. The summed E-state index contributed by atoms with van der Waals surface area (Å²) in [6, 6.07) is 7.88. The number of aliphatic hydroxyl groups excluding tert-OH is 1. The van der Waals surface area contributed by atoms with Crippen LogP contribution in [0.4, 0.5) is 0 Å². The monoisotopic (exact) mass is 408 g/mol. The summed E-state index contributed by atoms with van der Waals surface area (Å²) in [6.45, 7) is 4.79. The van der Waals surface area contributed by atoms with E-state index in [2.05, 4.69) is 37.8 Å². The lowest BCUT2D eigenvalue weighted by molar-refractivity contribution is -0.168. The second-order valence-corrected chi connectivity index (χ2v) is 9.24. The Labute approximate surface area is 179 Å². The molecule has 30 heavy (non-hydrogen) atoms. The zero-order valence-electron chi connectivity index (χ0n) is 18.0. The number of fused-ring (bicyclic) bond motifs is 1. The number of rotatable bonds is 3. The van der Waals surface area contributed by atoms with E-state index in [1.807, 2.05) is 17.0 Å². The van der Waals surface area contributed by atoms with E-state index in [9.17, 15) is 14.7 Å². The van der Waals surface area contributed by atoms with Crippen molar-refractivity contribution >= 4 is 11.8 Å². The third kappa shape index (κ3) is 3.98. The highest BCUT2D eigenvalue weighted by Gasteiger charge is 2.54. The molecule has 1 aromatic rings. The van der Waals surface area contributed by atoms with Gasteiger partial charge in [0.25, 0.3) is 0 Å². The summed E-state index contributed by atoms with van der Waals surface area (Å²) in [4.78, 5) is 29.4. The van der Waals surface area contributed by atoms with Crippen LogP contribution in [0.5, 0.6) is 0 Å². The highest BCUT2D eigenvalue weighted by atomic mass is 16.3. The van der Waals surface area contributed by atoms with Gasteiger partial charge in [-0.3, -0.25) is 9.59 Å². The lowest BCUT2D eigenvalue weighted by Crippen LogP contribution is -2.73. The van der Waals surface area contributed by atoms with E-state index in [-0.39, 0.29) is 48.9 Å². The maximum atomic E-state index is 13.0. The molecular weight excluding hydrogens is 376 g/mol. The molecule has 0 aromatic heterocycles. The molecule has 4 rings (SSSR count). The van der Waals surface area contributed by atoms with E-state index in [4.69, 9.17) is 0 Å². The molecule has 1 saturated carbocycles. The Morgan fingerprint density at radius 3 is 2.50 bits per heavy atom. The molecule has 5 heteroatoms. The predicted octanol–water partition coefficient (Wildman–Crippen LogP) is 2.77. The molecule has 2 amide bonds. The standard InChI is InChI=1S/C25H32N2O3/c1-17(2)8-9-18-10-12-19(13-11-18)24-21-14-26(15-23(29)27(21)22(24)16-28)25(30)20-6-4-3-5-7-20/h10-13,17,20-22,24,28H,3-7,14-16H2,1-2H3/t21-,22+,24-/m0/s1. The summed E-state index contributed by atoms with van der Waals surface area (Å²) in [7, 11) is 0. The molecule has 3 atom stereocenters. The third-order valence-corrected chi connectivity index (χ3v) is 6.82. The highest BCUT2D eigenvalue weighted by molar-refractivity contribution is 5.88. The first-order valence-corrected chi connectivity index (χ1v) is 11.3. The van der Waals surface area contributed by atoms with Gasteiger partial charge in [0.2, 0.25) is 11.8 Å². The summed E-state index contributed by atoms with van der Waals surface area (Å²) in [5.74, 6) is 6.90. The van der Waals surface area contributed by atoms with Gasteiger partial charge in [0.05, 0.1) is 25.2 Å². The SMILES string of the molecule is CC(C)C#Cc1ccc([C@@H]2[C@@H](CO)N3C(=O)CN(C(=O)C4CCCCC4)C[C@@H]23)cc1. The second-order valence-electron chi connectivity index (χ2n) is 9.24. The van der Waals surface area contributed by atoms with E-state index in [1.165, 1.54) is 6.42 Å². The van der Waals surface area contributed by atoms with E-state index in [0.29, 0.717) is 12.5 Å². The van der Waals surface area contributed by atoms with E-state index in [0.717, 1.165) is 36.8 Å². The van der Waals surface area contributed by atoms with Crippen molar-refractivity contribution in [1.82, 2.24) is 9.80 Å². The van der Waals surface area contributed by atoms with Gasteiger partial charge in [-0.2, -0.15) is 0 Å². The van der Waals surface area contributed by atoms with Gasteiger partial charge in [0, 0.05) is 29.9 Å². The molecule has 3 aliphatic rings. The van der Waals surface area contributed by atoms with Crippen LogP contribution in [0.25, 0.3) is 0 Å². The van der Waals surface area contributed by atoms with Crippen LogP contribution >= 0.6 is 0 Å². The average Bonchev–Trinajstić information content (AvgIpc) is 2.74. The van der Waals surface area contributed by atoms with Crippen LogP contribution in [0.15, 0.2) is 24.3 Å². The first kappa shape index (κ1) is 20.9. The quantitative estimate of drug-likeness (QED) is 0.783. The summed E-state index contributed by atoms with van der Waals surface area (Å²) in [5, 5.41) is 9.96. The lowest BCUT2D eigenvalue weighted by Gasteiger charge is -2.59. The number of carbonyl (C=O) groups excluding carboxylic acids is 2. The van der Waals surface area contributed by atoms with E-state index >= 15 is 0 Å². The molecule has 1 aliphatic carbocycles. The number of nitrogens with zero attached hydrogens (tertiary/aromatic N) is 2. The van der Waals surface area contributed by atoms with Crippen molar-refractivity contribution < 1.29 is 14.7 Å². The van der Waals surface area contributed by atoms with Crippen LogP contribution in [0.2, 0.25) is 0 Å². The third-order valence-electron chi connectivity index (χ3n) is 6.82. The fourth-order valence-electron chi connectivity index (χ4n) is 5.29. The lowest BCUT2D eigenvalue weighted by atomic mass is 9.73. The Balaban J connectivity index is 1.51. The minimum atomic E-state index is -0.206. The summed E-state index contributed by atoms with van der Waals surface area (Å²) < 4.78 is 0. The largest absolute Gasteiger partial charge is 0.394 e. The molecule has 2 aliphatic heterocycles. The predicted molar refractivity (Wildman–Crippen MR) is 116 cm³/mol. The van der Waals surface area contributed by atoms with Crippen molar-refractivity contribution in [2.45, 2.75) is 64.0 Å². The number of amides is 2. The smallest absolute Gasteiger partial charge is 0.242 e. The number of aliphatic hydroxyl groups is 1. The van der Waals surface area contributed by atoms with Crippen molar-refractivity contribution in [3.05, 3.63) is 35.4 Å². The van der Waals surface area contributed by atoms with Gasteiger partial charge in [-0.1, -0.05) is 57.1 Å². The van der Waals surface area contributed by atoms with Crippen molar-refractivity contribution in [3.8, 4) is 11.8 Å².